The van der Waals surface area contributed by atoms with Gasteiger partial charge in [-0.25, -0.2) is 0 Å². The first-order chi connectivity index (χ1) is 5.75. The Morgan fingerprint density at radius 3 is 2.83 bits per heavy atom. The van der Waals surface area contributed by atoms with Crippen LogP contribution in [0.1, 0.15) is 6.92 Å². The van der Waals surface area contributed by atoms with Gasteiger partial charge in [-0.15, -0.1) is 0 Å². The average molecular weight is 204 g/mol. The van der Waals surface area contributed by atoms with Crippen molar-refractivity contribution in [2.75, 3.05) is 17.3 Å². The molecule has 1 aliphatic rings. The summed E-state index contributed by atoms with van der Waals surface area (Å²) in [6, 6.07) is 0.280. The highest BCUT2D eigenvalue weighted by atomic mass is 32.2. The van der Waals surface area contributed by atoms with Crippen molar-refractivity contribution in [3.8, 4) is 0 Å². The van der Waals surface area contributed by atoms with Gasteiger partial charge in [0.05, 0.1) is 6.04 Å². The largest absolute Gasteiger partial charge is 0.271 e. The van der Waals surface area contributed by atoms with Crippen molar-refractivity contribution in [2.24, 2.45) is 5.84 Å². The Kier molecular flexibility index (Phi) is 4.50. The van der Waals surface area contributed by atoms with Crippen LogP contribution in [-0.2, 0) is 0 Å². The minimum absolute atomic E-state index is 0.280. The molecule has 4 heteroatoms. The molecule has 0 aromatic rings. The fraction of sp³-hybridized carbons (Fsp3) is 0.750. The second-order valence-electron chi connectivity index (χ2n) is 2.97. The lowest BCUT2D eigenvalue weighted by Crippen LogP contribution is -2.45. The maximum Gasteiger partial charge on any atom is 0.0541 e. The van der Waals surface area contributed by atoms with Gasteiger partial charge in [-0.05, 0) is 6.92 Å². The van der Waals surface area contributed by atoms with Crippen LogP contribution >= 0.6 is 23.5 Å². The molecule has 0 radical (unpaired) electrons. The molecule has 0 bridgehead atoms. The number of thioether (sulfide) groups is 2. The van der Waals surface area contributed by atoms with Crippen LogP contribution in [0.15, 0.2) is 12.2 Å². The van der Waals surface area contributed by atoms with Crippen molar-refractivity contribution >= 4 is 23.5 Å². The van der Waals surface area contributed by atoms with E-state index in [-0.39, 0.29) is 6.04 Å². The number of hydrogen-bond donors (Lipinski definition) is 2. The molecule has 12 heavy (non-hydrogen) atoms. The van der Waals surface area contributed by atoms with Crippen LogP contribution in [0, 0.1) is 0 Å². The molecule has 2 nitrogen and oxygen atoms in total. The first-order valence-corrected chi connectivity index (χ1v) is 6.27. The fourth-order valence-corrected chi connectivity index (χ4v) is 4.19. The monoisotopic (exact) mass is 204 g/mol. The van der Waals surface area contributed by atoms with Crippen LogP contribution in [0.3, 0.4) is 0 Å². The zero-order chi connectivity index (χ0) is 8.97. The Morgan fingerprint density at radius 2 is 2.42 bits per heavy atom. The normalized spacial score (nSPS) is 26.7. The molecule has 0 aromatic heterocycles. The molecule has 1 saturated heterocycles. The van der Waals surface area contributed by atoms with E-state index in [0.29, 0.717) is 5.25 Å². The number of hydrogen-bond acceptors (Lipinski definition) is 4. The van der Waals surface area contributed by atoms with Gasteiger partial charge in [-0.3, -0.25) is 11.3 Å². The van der Waals surface area contributed by atoms with Gasteiger partial charge in [0.2, 0.25) is 0 Å². The molecular weight excluding hydrogens is 188 g/mol. The Bertz CT molecular complexity index is 155. The minimum atomic E-state index is 0.280. The summed E-state index contributed by atoms with van der Waals surface area (Å²) in [6.45, 7) is 5.97. The third kappa shape index (κ3) is 2.69. The summed E-state index contributed by atoms with van der Waals surface area (Å²) in [6.07, 6.45) is 0. The van der Waals surface area contributed by atoms with Crippen molar-refractivity contribution in [3.63, 3.8) is 0 Å². The molecule has 0 aromatic carbocycles. The van der Waals surface area contributed by atoms with E-state index in [1.807, 2.05) is 30.4 Å². The highest BCUT2D eigenvalue weighted by Crippen LogP contribution is 2.28. The van der Waals surface area contributed by atoms with Gasteiger partial charge in [-0.2, -0.15) is 23.5 Å². The molecule has 0 saturated carbocycles. The molecule has 1 aliphatic heterocycles. The van der Waals surface area contributed by atoms with Gasteiger partial charge in [0, 0.05) is 22.5 Å². The lowest BCUT2D eigenvalue weighted by molar-refractivity contribution is 0.591. The molecular formula is C8H16N2S2. The lowest BCUT2D eigenvalue weighted by Gasteiger charge is -2.29. The van der Waals surface area contributed by atoms with Crippen LogP contribution in [0.4, 0.5) is 0 Å². The molecule has 0 aliphatic carbocycles. The van der Waals surface area contributed by atoms with Gasteiger partial charge in [-0.1, -0.05) is 12.2 Å². The second kappa shape index (κ2) is 5.17. The third-order valence-electron chi connectivity index (χ3n) is 1.92. The predicted octanol–water partition coefficient (Wildman–Crippen LogP) is 1.24. The molecule has 1 fully saturated rings. The molecule has 0 amide bonds. The lowest BCUT2D eigenvalue weighted by atomic mass is 10.1. The quantitative estimate of drug-likeness (QED) is 0.412. The van der Waals surface area contributed by atoms with Crippen molar-refractivity contribution in [2.45, 2.75) is 18.2 Å². The maximum atomic E-state index is 5.47. The Balaban J connectivity index is 2.46. The molecule has 3 N–H and O–H groups in total. The van der Waals surface area contributed by atoms with E-state index >= 15 is 0 Å². The highest BCUT2D eigenvalue weighted by Gasteiger charge is 2.23. The predicted molar refractivity (Wildman–Crippen MR) is 59.5 cm³/mol. The van der Waals surface area contributed by atoms with Crippen LogP contribution in [0.25, 0.3) is 0 Å². The SMILES string of the molecule is C=C(C)C(NN)C1CSCCS1. The number of nitrogens with two attached hydrogens (primary N) is 1. The molecule has 70 valence electrons. The van der Waals surface area contributed by atoms with E-state index in [9.17, 15) is 0 Å². The summed E-state index contributed by atoms with van der Waals surface area (Å²) < 4.78 is 0. The number of nitrogens with one attached hydrogen (secondary N) is 1. The number of hydrazine groups is 1. The van der Waals surface area contributed by atoms with Gasteiger partial charge in [0.1, 0.15) is 0 Å². The van der Waals surface area contributed by atoms with E-state index in [2.05, 4.69) is 12.0 Å². The molecule has 1 heterocycles. The Hall–Kier alpha value is 0.360. The van der Waals surface area contributed by atoms with Gasteiger partial charge >= 0.3 is 0 Å². The summed E-state index contributed by atoms with van der Waals surface area (Å²) in [7, 11) is 0. The van der Waals surface area contributed by atoms with Crippen molar-refractivity contribution < 1.29 is 0 Å². The topological polar surface area (TPSA) is 38.0 Å². The zero-order valence-corrected chi connectivity index (χ0v) is 9.01. The maximum absolute atomic E-state index is 5.47. The molecule has 0 spiro atoms. The van der Waals surface area contributed by atoms with Crippen LogP contribution < -0.4 is 11.3 Å². The van der Waals surface area contributed by atoms with Crippen molar-refractivity contribution in [3.05, 3.63) is 12.2 Å². The van der Waals surface area contributed by atoms with Gasteiger partial charge in [0.25, 0.3) is 0 Å². The Labute approximate surface area is 82.7 Å². The van der Waals surface area contributed by atoms with E-state index in [1.165, 1.54) is 17.3 Å². The Morgan fingerprint density at radius 1 is 1.67 bits per heavy atom. The standard InChI is InChI=1S/C8H16N2S2/c1-6(2)8(10-9)7-5-11-3-4-12-7/h7-8,10H,1,3-5,9H2,2H3. The smallest absolute Gasteiger partial charge is 0.0541 e. The van der Waals surface area contributed by atoms with Gasteiger partial charge < -0.3 is 0 Å². The van der Waals surface area contributed by atoms with Gasteiger partial charge in [0.15, 0.2) is 0 Å². The molecule has 2 atom stereocenters. The first-order valence-electron chi connectivity index (χ1n) is 4.06. The summed E-state index contributed by atoms with van der Waals surface area (Å²) >= 11 is 4.01. The van der Waals surface area contributed by atoms with E-state index in [1.54, 1.807) is 0 Å². The van der Waals surface area contributed by atoms with Crippen molar-refractivity contribution in [1.29, 1.82) is 0 Å². The van der Waals surface area contributed by atoms with E-state index in [0.717, 1.165) is 5.57 Å². The minimum Gasteiger partial charge on any atom is -0.271 e. The summed E-state index contributed by atoms with van der Waals surface area (Å²) in [5, 5.41) is 0.603. The highest BCUT2D eigenvalue weighted by molar-refractivity contribution is 8.06. The summed E-state index contributed by atoms with van der Waals surface area (Å²) in [5.74, 6) is 9.17. The third-order valence-corrected chi connectivity index (χ3v) is 4.79. The van der Waals surface area contributed by atoms with E-state index < -0.39 is 0 Å². The van der Waals surface area contributed by atoms with Crippen LogP contribution in [0.2, 0.25) is 0 Å². The number of rotatable bonds is 3. The summed E-state index contributed by atoms with van der Waals surface area (Å²) in [4.78, 5) is 0. The summed E-state index contributed by atoms with van der Waals surface area (Å²) in [5.41, 5.74) is 3.97. The van der Waals surface area contributed by atoms with Crippen LogP contribution in [0.5, 0.6) is 0 Å². The average Bonchev–Trinajstić information content (AvgIpc) is 2.07. The molecule has 2 unspecified atom stereocenters. The van der Waals surface area contributed by atoms with E-state index in [4.69, 9.17) is 5.84 Å². The molecule has 1 rings (SSSR count). The van der Waals surface area contributed by atoms with Crippen molar-refractivity contribution in [1.82, 2.24) is 5.43 Å². The fourth-order valence-electron chi connectivity index (χ4n) is 1.27. The zero-order valence-electron chi connectivity index (χ0n) is 7.38. The van der Waals surface area contributed by atoms with Crippen LogP contribution in [-0.4, -0.2) is 28.6 Å². The second-order valence-corrected chi connectivity index (χ2v) is 5.47. The first kappa shape index (κ1) is 10.4.